The molecule has 2 aromatic rings. The summed E-state index contributed by atoms with van der Waals surface area (Å²) in [7, 11) is 1.71. The Kier molecular flexibility index (Phi) is 6.57. The topological polar surface area (TPSA) is 70.1 Å². The summed E-state index contributed by atoms with van der Waals surface area (Å²) in [5, 5.41) is 9.38. The standard InChI is InChI=1S/C24H28N2O4/c1-5-14-30-20-10-7-18(8-11-20)21-22(25(4)12-13-27)24(29)26(23(21)28)19-9-6-16(2)17(3)15-19/h6-11,15,27H,5,12-14H2,1-4H3. The number of anilines is 1. The first-order chi connectivity index (χ1) is 14.4. The molecule has 2 aromatic carbocycles. The van der Waals surface area contributed by atoms with E-state index in [0.717, 1.165) is 17.5 Å². The summed E-state index contributed by atoms with van der Waals surface area (Å²) in [6.45, 7) is 6.71. The molecular weight excluding hydrogens is 380 g/mol. The zero-order valence-corrected chi connectivity index (χ0v) is 17.9. The number of ether oxygens (including phenoxy) is 1. The van der Waals surface area contributed by atoms with Crippen LogP contribution in [0.25, 0.3) is 5.57 Å². The van der Waals surface area contributed by atoms with Crippen LogP contribution in [0.1, 0.15) is 30.0 Å². The van der Waals surface area contributed by atoms with Gasteiger partial charge >= 0.3 is 0 Å². The van der Waals surface area contributed by atoms with Crippen LogP contribution in [-0.2, 0) is 9.59 Å². The van der Waals surface area contributed by atoms with Gasteiger partial charge in [-0.05, 0) is 61.2 Å². The Bertz CT molecular complexity index is 979. The maximum Gasteiger partial charge on any atom is 0.282 e. The summed E-state index contributed by atoms with van der Waals surface area (Å²) >= 11 is 0. The average molecular weight is 408 g/mol. The Morgan fingerprint density at radius 1 is 1.00 bits per heavy atom. The molecule has 0 atom stereocenters. The van der Waals surface area contributed by atoms with Crippen molar-refractivity contribution < 1.29 is 19.4 Å². The molecule has 1 heterocycles. The number of carbonyl (C=O) groups is 2. The highest BCUT2D eigenvalue weighted by Gasteiger charge is 2.41. The molecule has 0 bridgehead atoms. The van der Waals surface area contributed by atoms with Crippen LogP contribution in [0.5, 0.6) is 5.75 Å². The molecule has 0 radical (unpaired) electrons. The maximum atomic E-state index is 13.4. The lowest BCUT2D eigenvalue weighted by Crippen LogP contribution is -2.35. The van der Waals surface area contributed by atoms with E-state index in [9.17, 15) is 14.7 Å². The van der Waals surface area contributed by atoms with Gasteiger partial charge in [-0.25, -0.2) is 4.90 Å². The van der Waals surface area contributed by atoms with Gasteiger partial charge in [0.15, 0.2) is 0 Å². The zero-order valence-electron chi connectivity index (χ0n) is 17.9. The van der Waals surface area contributed by atoms with E-state index < -0.39 is 0 Å². The van der Waals surface area contributed by atoms with Crippen molar-refractivity contribution in [2.24, 2.45) is 0 Å². The Morgan fingerprint density at radius 3 is 2.30 bits per heavy atom. The largest absolute Gasteiger partial charge is 0.494 e. The molecule has 0 aromatic heterocycles. The number of aliphatic hydroxyl groups excluding tert-OH is 1. The molecule has 1 N–H and O–H groups in total. The van der Waals surface area contributed by atoms with Crippen LogP contribution < -0.4 is 9.64 Å². The Morgan fingerprint density at radius 2 is 1.70 bits per heavy atom. The molecule has 0 aliphatic carbocycles. The van der Waals surface area contributed by atoms with Gasteiger partial charge in [0.05, 0.1) is 24.5 Å². The van der Waals surface area contributed by atoms with E-state index >= 15 is 0 Å². The van der Waals surface area contributed by atoms with Crippen molar-refractivity contribution in [1.82, 2.24) is 4.90 Å². The molecule has 30 heavy (non-hydrogen) atoms. The van der Waals surface area contributed by atoms with Crippen LogP contribution in [0, 0.1) is 13.8 Å². The third kappa shape index (κ3) is 4.09. The van der Waals surface area contributed by atoms with Crippen LogP contribution in [0.3, 0.4) is 0 Å². The van der Waals surface area contributed by atoms with Gasteiger partial charge in [-0.2, -0.15) is 0 Å². The van der Waals surface area contributed by atoms with Crippen LogP contribution in [0.2, 0.25) is 0 Å². The van der Waals surface area contributed by atoms with E-state index in [1.165, 1.54) is 4.90 Å². The molecule has 1 aliphatic rings. The number of amides is 2. The van der Waals surface area contributed by atoms with Crippen molar-refractivity contribution in [1.29, 1.82) is 0 Å². The fourth-order valence-corrected chi connectivity index (χ4v) is 3.43. The number of nitrogens with zero attached hydrogens (tertiary/aromatic N) is 2. The molecule has 2 amide bonds. The van der Waals surface area contributed by atoms with Crippen molar-refractivity contribution in [2.75, 3.05) is 31.7 Å². The second-order valence-electron chi connectivity index (χ2n) is 7.46. The van der Waals surface area contributed by atoms with Gasteiger partial charge in [-0.15, -0.1) is 0 Å². The number of carbonyl (C=O) groups excluding carboxylic acids is 2. The Labute approximate surface area is 177 Å². The van der Waals surface area contributed by atoms with Crippen LogP contribution in [0.4, 0.5) is 5.69 Å². The fraction of sp³-hybridized carbons (Fsp3) is 0.333. The first-order valence-corrected chi connectivity index (χ1v) is 10.1. The highest BCUT2D eigenvalue weighted by molar-refractivity contribution is 6.45. The predicted octanol–water partition coefficient (Wildman–Crippen LogP) is 3.30. The van der Waals surface area contributed by atoms with Crippen LogP contribution in [0.15, 0.2) is 48.2 Å². The summed E-state index contributed by atoms with van der Waals surface area (Å²) < 4.78 is 5.63. The maximum absolute atomic E-state index is 13.4. The van der Waals surface area contributed by atoms with Crippen LogP contribution >= 0.6 is 0 Å². The van der Waals surface area contributed by atoms with Gasteiger partial charge < -0.3 is 14.7 Å². The van der Waals surface area contributed by atoms with E-state index in [4.69, 9.17) is 4.74 Å². The lowest BCUT2D eigenvalue weighted by Gasteiger charge is -2.20. The summed E-state index contributed by atoms with van der Waals surface area (Å²) in [6, 6.07) is 12.7. The minimum Gasteiger partial charge on any atom is -0.494 e. The van der Waals surface area contributed by atoms with Gasteiger partial charge in [0.2, 0.25) is 0 Å². The van der Waals surface area contributed by atoms with E-state index in [-0.39, 0.29) is 30.7 Å². The van der Waals surface area contributed by atoms with Crippen molar-refractivity contribution >= 4 is 23.1 Å². The number of benzene rings is 2. The molecule has 6 nitrogen and oxygen atoms in total. The molecule has 6 heteroatoms. The normalized spacial score (nSPS) is 14.0. The summed E-state index contributed by atoms with van der Waals surface area (Å²) in [4.78, 5) is 29.6. The average Bonchev–Trinajstić information content (AvgIpc) is 2.99. The number of aliphatic hydroxyl groups is 1. The van der Waals surface area contributed by atoms with Gasteiger partial charge in [0, 0.05) is 13.6 Å². The molecule has 0 fully saturated rings. The van der Waals surface area contributed by atoms with E-state index in [2.05, 4.69) is 0 Å². The SMILES string of the molecule is CCCOc1ccc(C2=C(N(C)CCO)C(=O)N(c3ccc(C)c(C)c3)C2=O)cc1. The molecule has 0 spiro atoms. The number of likely N-dealkylation sites (N-methyl/N-ethyl adjacent to an activating group) is 1. The molecule has 0 saturated heterocycles. The number of rotatable bonds is 8. The lowest BCUT2D eigenvalue weighted by molar-refractivity contribution is -0.120. The molecule has 0 unspecified atom stereocenters. The lowest BCUT2D eigenvalue weighted by atomic mass is 10.0. The van der Waals surface area contributed by atoms with Gasteiger partial charge in [-0.3, -0.25) is 9.59 Å². The monoisotopic (exact) mass is 408 g/mol. The Balaban J connectivity index is 2.04. The first-order valence-electron chi connectivity index (χ1n) is 10.1. The van der Waals surface area contributed by atoms with Crippen molar-refractivity contribution in [2.45, 2.75) is 27.2 Å². The van der Waals surface area contributed by atoms with Crippen molar-refractivity contribution in [3.63, 3.8) is 0 Å². The molecule has 1 aliphatic heterocycles. The van der Waals surface area contributed by atoms with E-state index in [1.807, 2.05) is 32.9 Å². The number of hydrogen-bond donors (Lipinski definition) is 1. The second kappa shape index (κ2) is 9.13. The summed E-state index contributed by atoms with van der Waals surface area (Å²) in [5.74, 6) is -0.0416. The summed E-state index contributed by atoms with van der Waals surface area (Å²) in [5.41, 5.74) is 3.89. The minimum absolute atomic E-state index is 0.123. The molecule has 3 rings (SSSR count). The third-order valence-electron chi connectivity index (χ3n) is 5.24. The number of hydrogen-bond acceptors (Lipinski definition) is 5. The van der Waals surface area contributed by atoms with Crippen molar-refractivity contribution in [3.8, 4) is 5.75 Å². The zero-order chi connectivity index (χ0) is 21.8. The predicted molar refractivity (Wildman–Crippen MR) is 117 cm³/mol. The van der Waals surface area contributed by atoms with E-state index in [1.54, 1.807) is 42.3 Å². The highest BCUT2D eigenvalue weighted by atomic mass is 16.5. The van der Waals surface area contributed by atoms with Crippen molar-refractivity contribution in [3.05, 3.63) is 64.9 Å². The Hall–Kier alpha value is -3.12. The number of imide groups is 1. The highest BCUT2D eigenvalue weighted by Crippen LogP contribution is 2.35. The minimum atomic E-state index is -0.388. The molecular formula is C24H28N2O4. The second-order valence-corrected chi connectivity index (χ2v) is 7.46. The molecule has 0 saturated carbocycles. The third-order valence-corrected chi connectivity index (χ3v) is 5.24. The van der Waals surface area contributed by atoms with Gasteiger partial charge in [0.1, 0.15) is 11.4 Å². The molecule has 158 valence electrons. The number of aryl methyl sites for hydroxylation is 2. The van der Waals surface area contributed by atoms with Crippen LogP contribution in [-0.4, -0.2) is 48.6 Å². The smallest absolute Gasteiger partial charge is 0.282 e. The fourth-order valence-electron chi connectivity index (χ4n) is 3.43. The summed E-state index contributed by atoms with van der Waals surface area (Å²) in [6.07, 6.45) is 0.904. The van der Waals surface area contributed by atoms with Gasteiger partial charge in [0.25, 0.3) is 11.8 Å². The van der Waals surface area contributed by atoms with E-state index in [0.29, 0.717) is 29.2 Å². The van der Waals surface area contributed by atoms with Gasteiger partial charge in [-0.1, -0.05) is 25.1 Å². The first kappa shape index (κ1) is 21.6. The quantitative estimate of drug-likeness (QED) is 0.679.